The van der Waals surface area contributed by atoms with E-state index in [-0.39, 0.29) is 10.7 Å². The Balaban J connectivity index is 1.50. The second-order valence-electron chi connectivity index (χ2n) is 8.69. The van der Waals surface area contributed by atoms with Crippen LogP contribution in [-0.4, -0.2) is 38.6 Å². The molecule has 0 spiro atoms. The fourth-order valence-electron chi connectivity index (χ4n) is 4.26. The zero-order valence-corrected chi connectivity index (χ0v) is 25.4. The van der Waals surface area contributed by atoms with Crippen LogP contribution in [-0.2, 0) is 10.5 Å². The average molecular weight is 634 g/mol. The first-order valence-electron chi connectivity index (χ1n) is 12.1. The molecular weight excluding hydrogens is 611 g/mol. The number of hydrogen-bond acceptors (Lipinski definition) is 10. The molecule has 1 aliphatic rings. The number of ether oxygens (including phenoxy) is 1. The molecule has 1 N–H and O–H groups in total. The molecule has 5 rings (SSSR count). The largest absolute Gasteiger partial charge is 0.503 e. The first-order valence-corrected chi connectivity index (χ1v) is 15.4. The Morgan fingerprint density at radius 3 is 2.52 bits per heavy atom. The Morgan fingerprint density at radius 2 is 1.88 bits per heavy atom. The Bertz CT molecular complexity index is 1630. The Kier molecular flexibility index (Phi) is 8.48. The van der Waals surface area contributed by atoms with E-state index in [1.807, 2.05) is 13.0 Å². The van der Waals surface area contributed by atoms with Crippen LogP contribution < -0.4 is 9.64 Å². The summed E-state index contributed by atoms with van der Waals surface area (Å²) in [5.41, 5.74) is 2.00. The molecule has 206 valence electrons. The molecule has 4 aromatic rings. The number of carbonyl (C=O) groups excluding carboxylic acids is 2. The minimum absolute atomic E-state index is 0.0294. The predicted molar refractivity (Wildman–Crippen MR) is 159 cm³/mol. The maximum absolute atomic E-state index is 13.8. The number of aliphatic hydroxyl groups excluding tert-OH is 1. The zero-order valence-electron chi connectivity index (χ0n) is 21.5. The average Bonchev–Trinajstić information content (AvgIpc) is 3.59. The number of thioether (sulfide) groups is 1. The van der Waals surface area contributed by atoms with Gasteiger partial charge < -0.3 is 9.84 Å². The third kappa shape index (κ3) is 5.61. The fraction of sp³-hybridized carbons (Fsp3) is 0.222. The molecule has 3 heterocycles. The minimum atomic E-state index is -0.922. The molecule has 0 saturated heterocycles. The van der Waals surface area contributed by atoms with Crippen LogP contribution in [0.2, 0.25) is 10.0 Å². The number of nitrogens with zero attached hydrogens (tertiary/aromatic N) is 4. The summed E-state index contributed by atoms with van der Waals surface area (Å²) in [5, 5.41) is 21.6. The zero-order chi connectivity index (χ0) is 28.6. The van der Waals surface area contributed by atoms with E-state index in [9.17, 15) is 14.7 Å². The molecule has 2 aromatic heterocycles. The van der Waals surface area contributed by atoms with Gasteiger partial charge in [0.2, 0.25) is 10.9 Å². The number of Topliss-reactive ketones (excluding diaryl/α,β-unsaturated/α-hetero) is 1. The summed E-state index contributed by atoms with van der Waals surface area (Å²) in [6.45, 7) is 5.91. The van der Waals surface area contributed by atoms with Crippen molar-refractivity contribution in [3.05, 3.63) is 90.5 Å². The van der Waals surface area contributed by atoms with Crippen molar-refractivity contribution in [2.75, 3.05) is 11.5 Å². The van der Waals surface area contributed by atoms with Gasteiger partial charge in [0.05, 0.1) is 33.8 Å². The Labute approximate surface area is 252 Å². The van der Waals surface area contributed by atoms with E-state index in [0.29, 0.717) is 53.6 Å². The van der Waals surface area contributed by atoms with Crippen molar-refractivity contribution in [3.8, 4) is 5.75 Å². The molecule has 0 radical (unpaired) electrons. The minimum Gasteiger partial charge on any atom is -0.503 e. The first kappa shape index (κ1) is 28.6. The lowest BCUT2D eigenvalue weighted by Crippen LogP contribution is -2.31. The highest BCUT2D eigenvalue weighted by Crippen LogP contribution is 2.45. The highest BCUT2D eigenvalue weighted by molar-refractivity contribution is 8.00. The maximum atomic E-state index is 13.8. The van der Waals surface area contributed by atoms with Crippen LogP contribution in [0.25, 0.3) is 0 Å². The van der Waals surface area contributed by atoms with Crippen LogP contribution in [0.15, 0.2) is 58.1 Å². The monoisotopic (exact) mass is 632 g/mol. The molecule has 40 heavy (non-hydrogen) atoms. The molecule has 1 unspecified atom stereocenters. The molecule has 0 saturated carbocycles. The number of aryl methyl sites for hydroxylation is 2. The number of anilines is 1. The number of halogens is 2. The molecule has 1 aliphatic heterocycles. The predicted octanol–water partition coefficient (Wildman–Crippen LogP) is 7.39. The molecule has 1 amide bonds. The van der Waals surface area contributed by atoms with Gasteiger partial charge in [-0.3, -0.25) is 14.5 Å². The number of aliphatic hydroxyl groups is 1. The van der Waals surface area contributed by atoms with Gasteiger partial charge in [0.25, 0.3) is 5.91 Å². The van der Waals surface area contributed by atoms with E-state index in [2.05, 4.69) is 15.2 Å². The number of rotatable bonds is 9. The summed E-state index contributed by atoms with van der Waals surface area (Å²) in [7, 11) is 0. The van der Waals surface area contributed by atoms with E-state index in [1.165, 1.54) is 39.3 Å². The Morgan fingerprint density at radius 1 is 1.12 bits per heavy atom. The summed E-state index contributed by atoms with van der Waals surface area (Å²) in [6.07, 6.45) is 0. The van der Waals surface area contributed by atoms with Crippen molar-refractivity contribution >= 4 is 74.5 Å². The highest BCUT2D eigenvalue weighted by atomic mass is 35.5. The van der Waals surface area contributed by atoms with Crippen molar-refractivity contribution in [1.29, 1.82) is 0 Å². The van der Waals surface area contributed by atoms with Gasteiger partial charge in [0.1, 0.15) is 5.75 Å². The van der Waals surface area contributed by atoms with E-state index in [4.69, 9.17) is 27.9 Å². The normalized spacial score (nSPS) is 15.3. The van der Waals surface area contributed by atoms with E-state index in [1.54, 1.807) is 50.2 Å². The summed E-state index contributed by atoms with van der Waals surface area (Å²) in [4.78, 5) is 33.3. The molecule has 0 aliphatic carbocycles. The van der Waals surface area contributed by atoms with Crippen LogP contribution in [0.5, 0.6) is 5.75 Å². The lowest BCUT2D eigenvalue weighted by atomic mass is 9.95. The number of benzene rings is 2. The van der Waals surface area contributed by atoms with E-state index < -0.39 is 23.5 Å². The molecular formula is C27H22Cl2N4O4S3. The smallest absolute Gasteiger partial charge is 0.296 e. The fourth-order valence-corrected chi connectivity index (χ4v) is 7.56. The lowest BCUT2D eigenvalue weighted by molar-refractivity contribution is -0.117. The second kappa shape index (κ2) is 11.9. The number of carbonyl (C=O) groups is 2. The number of ketones is 1. The Hall–Kier alpha value is -2.96. The molecule has 2 aromatic carbocycles. The maximum Gasteiger partial charge on any atom is 0.296 e. The van der Waals surface area contributed by atoms with Gasteiger partial charge >= 0.3 is 0 Å². The van der Waals surface area contributed by atoms with Crippen LogP contribution >= 0.6 is 57.6 Å². The standard InChI is InChI=1S/C27H22Cl2N4O4S3/c1-4-37-18-9-6-15(7-10-18)21-20(22(34)24-13(2)30-14(3)39-24)23(35)25(36)33(21)26-31-32-27(40-26)38-12-16-5-8-17(28)11-19(16)29/h5-11,21,35H,4,12H2,1-3H3. The van der Waals surface area contributed by atoms with Crippen molar-refractivity contribution in [1.82, 2.24) is 15.2 Å². The van der Waals surface area contributed by atoms with Gasteiger partial charge in [0.15, 0.2) is 10.1 Å². The molecule has 8 nitrogen and oxygen atoms in total. The van der Waals surface area contributed by atoms with Crippen LogP contribution in [0.3, 0.4) is 0 Å². The van der Waals surface area contributed by atoms with Crippen LogP contribution in [0.4, 0.5) is 5.13 Å². The highest BCUT2D eigenvalue weighted by Gasteiger charge is 2.46. The van der Waals surface area contributed by atoms with Crippen LogP contribution in [0, 0.1) is 13.8 Å². The SMILES string of the molecule is CCOc1ccc(C2C(C(=O)c3sc(C)nc3C)=C(O)C(=O)N2c2nnc(SCc3ccc(Cl)cc3Cl)s2)cc1. The summed E-state index contributed by atoms with van der Waals surface area (Å²) in [6, 6.07) is 11.4. The molecule has 0 fully saturated rings. The van der Waals surface area contributed by atoms with Gasteiger partial charge in [-0.25, -0.2) is 4.98 Å². The second-order valence-corrected chi connectivity index (χ2v) is 12.9. The third-order valence-electron chi connectivity index (χ3n) is 6.04. The third-order valence-corrected chi connectivity index (χ3v) is 9.80. The van der Waals surface area contributed by atoms with Crippen molar-refractivity contribution in [2.24, 2.45) is 0 Å². The molecule has 1 atom stereocenters. The van der Waals surface area contributed by atoms with Gasteiger partial charge in [-0.2, -0.15) is 0 Å². The van der Waals surface area contributed by atoms with Crippen LogP contribution in [0.1, 0.15) is 44.5 Å². The lowest BCUT2D eigenvalue weighted by Gasteiger charge is -2.24. The van der Waals surface area contributed by atoms with E-state index in [0.717, 1.165) is 5.56 Å². The summed E-state index contributed by atoms with van der Waals surface area (Å²) in [5.74, 6) is -0.640. The van der Waals surface area contributed by atoms with Crippen molar-refractivity contribution in [3.63, 3.8) is 0 Å². The molecule has 0 bridgehead atoms. The van der Waals surface area contributed by atoms with Gasteiger partial charge in [0, 0.05) is 15.8 Å². The number of hydrogen-bond donors (Lipinski definition) is 1. The first-order chi connectivity index (χ1) is 19.2. The van der Waals surface area contributed by atoms with Gasteiger partial charge in [-0.15, -0.1) is 21.5 Å². The molecule has 13 heteroatoms. The number of amides is 1. The van der Waals surface area contributed by atoms with Crippen molar-refractivity contribution < 1.29 is 19.4 Å². The van der Waals surface area contributed by atoms with Gasteiger partial charge in [-0.05, 0) is 56.2 Å². The summed E-state index contributed by atoms with van der Waals surface area (Å²) >= 11 is 16.1. The summed E-state index contributed by atoms with van der Waals surface area (Å²) < 4.78 is 6.16. The van der Waals surface area contributed by atoms with E-state index >= 15 is 0 Å². The topological polar surface area (TPSA) is 106 Å². The number of aromatic nitrogens is 3. The quantitative estimate of drug-likeness (QED) is 0.116. The van der Waals surface area contributed by atoms with Crippen molar-refractivity contribution in [2.45, 2.75) is 36.9 Å². The number of thiazole rings is 1. The van der Waals surface area contributed by atoms with Gasteiger partial charge in [-0.1, -0.05) is 64.5 Å².